The van der Waals surface area contributed by atoms with Crippen LogP contribution in [0.3, 0.4) is 0 Å². The topological polar surface area (TPSA) is 32.3 Å². The van der Waals surface area contributed by atoms with Gasteiger partial charge in [0.15, 0.2) is 0 Å². The molecule has 3 heteroatoms. The van der Waals surface area contributed by atoms with Crippen LogP contribution in [0.2, 0.25) is 0 Å². The normalized spacial score (nSPS) is 24.3. The van der Waals surface area contributed by atoms with Crippen LogP contribution in [0.25, 0.3) is 0 Å². The number of nitrogens with zero attached hydrogens (tertiary/aromatic N) is 1. The number of nitrogens with one attached hydrogen (secondary N) is 1. The van der Waals surface area contributed by atoms with Gasteiger partial charge in [-0.25, -0.2) is 0 Å². The van der Waals surface area contributed by atoms with Gasteiger partial charge in [-0.05, 0) is 33.6 Å². The van der Waals surface area contributed by atoms with Crippen molar-refractivity contribution < 1.29 is 4.79 Å². The molecule has 3 atom stereocenters. The molecule has 1 heterocycles. The molecular formula is C13H24N2O. The monoisotopic (exact) mass is 224 g/mol. The van der Waals surface area contributed by atoms with Crippen molar-refractivity contribution in [1.82, 2.24) is 10.2 Å². The second-order valence-electron chi connectivity index (χ2n) is 4.73. The molecule has 16 heavy (non-hydrogen) atoms. The fourth-order valence-corrected chi connectivity index (χ4v) is 2.01. The van der Waals surface area contributed by atoms with E-state index in [2.05, 4.69) is 39.9 Å². The van der Waals surface area contributed by atoms with Gasteiger partial charge in [0, 0.05) is 23.9 Å². The molecule has 1 aliphatic rings. The summed E-state index contributed by atoms with van der Waals surface area (Å²) in [6.07, 6.45) is 3.82. The van der Waals surface area contributed by atoms with Crippen molar-refractivity contribution in [3.63, 3.8) is 0 Å². The Labute approximate surface area is 98.9 Å². The van der Waals surface area contributed by atoms with Gasteiger partial charge >= 0.3 is 0 Å². The maximum absolute atomic E-state index is 11.9. The number of hydrogen-bond acceptors (Lipinski definition) is 2. The van der Waals surface area contributed by atoms with Crippen LogP contribution in [0.4, 0.5) is 0 Å². The maximum atomic E-state index is 11.9. The lowest BCUT2D eigenvalue weighted by Crippen LogP contribution is -2.42. The Bertz CT molecular complexity index is 286. The third kappa shape index (κ3) is 2.57. The molecule has 1 rings (SSSR count). The number of carbonyl (C=O) groups is 1. The Morgan fingerprint density at radius 2 is 2.00 bits per heavy atom. The highest BCUT2D eigenvalue weighted by atomic mass is 16.2. The summed E-state index contributed by atoms with van der Waals surface area (Å²) in [5.41, 5.74) is 1.07. The molecule has 3 nitrogen and oxygen atoms in total. The number of hydrogen-bond donors (Lipinski definition) is 1. The van der Waals surface area contributed by atoms with Crippen LogP contribution in [0, 0.1) is 0 Å². The first-order chi connectivity index (χ1) is 7.51. The van der Waals surface area contributed by atoms with E-state index in [1.807, 2.05) is 4.90 Å². The summed E-state index contributed by atoms with van der Waals surface area (Å²) in [5, 5.41) is 3.42. The van der Waals surface area contributed by atoms with E-state index in [-0.39, 0.29) is 11.9 Å². The standard InChI is InChI=1S/C13H24N2O/c1-6-9(3)14-12-8-13(16)15(11(12)5)10(4)7-2/h8-11,14H,6-7H2,1-5H3/t9-,10-,11-/m1/s1. The molecule has 0 bridgehead atoms. The Kier molecular flexibility index (Phi) is 4.39. The fourth-order valence-electron chi connectivity index (χ4n) is 2.01. The second kappa shape index (κ2) is 5.37. The molecule has 0 spiro atoms. The van der Waals surface area contributed by atoms with Crippen molar-refractivity contribution in [2.24, 2.45) is 0 Å². The minimum atomic E-state index is 0.146. The first kappa shape index (κ1) is 13.1. The van der Waals surface area contributed by atoms with Crippen LogP contribution < -0.4 is 5.32 Å². The van der Waals surface area contributed by atoms with Crippen LogP contribution in [-0.2, 0) is 4.79 Å². The molecule has 0 fully saturated rings. The van der Waals surface area contributed by atoms with E-state index in [9.17, 15) is 4.79 Å². The quantitative estimate of drug-likeness (QED) is 0.777. The van der Waals surface area contributed by atoms with Gasteiger partial charge in [0.2, 0.25) is 5.91 Å². The number of amides is 1. The Morgan fingerprint density at radius 1 is 1.38 bits per heavy atom. The van der Waals surface area contributed by atoms with E-state index in [1.54, 1.807) is 6.08 Å². The van der Waals surface area contributed by atoms with Gasteiger partial charge < -0.3 is 10.2 Å². The van der Waals surface area contributed by atoms with Crippen LogP contribution in [0.15, 0.2) is 11.8 Å². The molecule has 0 saturated heterocycles. The van der Waals surface area contributed by atoms with Gasteiger partial charge in [-0.2, -0.15) is 0 Å². The molecule has 0 radical (unpaired) electrons. The molecule has 0 aromatic rings. The van der Waals surface area contributed by atoms with Crippen LogP contribution >= 0.6 is 0 Å². The summed E-state index contributed by atoms with van der Waals surface area (Å²) in [5.74, 6) is 0.146. The smallest absolute Gasteiger partial charge is 0.249 e. The number of carbonyl (C=O) groups excluding carboxylic acids is 1. The SMILES string of the molecule is CC[C@@H](C)NC1=CC(=O)N([C@H](C)CC)[C@@H]1C. The van der Waals surface area contributed by atoms with Gasteiger partial charge in [0.05, 0.1) is 6.04 Å². The lowest BCUT2D eigenvalue weighted by molar-refractivity contribution is -0.127. The first-order valence-electron chi connectivity index (χ1n) is 6.31. The second-order valence-corrected chi connectivity index (χ2v) is 4.73. The molecule has 92 valence electrons. The highest BCUT2D eigenvalue weighted by Crippen LogP contribution is 2.21. The molecule has 1 N–H and O–H groups in total. The predicted molar refractivity (Wildman–Crippen MR) is 67.0 cm³/mol. The van der Waals surface area contributed by atoms with Crippen molar-refractivity contribution in [3.05, 3.63) is 11.8 Å². The summed E-state index contributed by atoms with van der Waals surface area (Å²) in [4.78, 5) is 13.8. The molecule has 1 amide bonds. The van der Waals surface area contributed by atoms with Crippen LogP contribution in [0.5, 0.6) is 0 Å². The lowest BCUT2D eigenvalue weighted by atomic mass is 10.1. The summed E-state index contributed by atoms with van der Waals surface area (Å²) < 4.78 is 0. The minimum Gasteiger partial charge on any atom is -0.384 e. The zero-order valence-electron chi connectivity index (χ0n) is 11.1. The zero-order chi connectivity index (χ0) is 12.3. The summed E-state index contributed by atoms with van der Waals surface area (Å²) in [6, 6.07) is 0.935. The van der Waals surface area contributed by atoms with Crippen molar-refractivity contribution in [1.29, 1.82) is 0 Å². The molecule has 1 aliphatic heterocycles. The molecule has 0 aromatic heterocycles. The Morgan fingerprint density at radius 3 is 2.50 bits per heavy atom. The average molecular weight is 224 g/mol. The van der Waals surface area contributed by atoms with E-state index < -0.39 is 0 Å². The fraction of sp³-hybridized carbons (Fsp3) is 0.769. The molecule has 0 saturated carbocycles. The van der Waals surface area contributed by atoms with Gasteiger partial charge in [-0.15, -0.1) is 0 Å². The Hall–Kier alpha value is -0.990. The van der Waals surface area contributed by atoms with Crippen molar-refractivity contribution >= 4 is 5.91 Å². The van der Waals surface area contributed by atoms with Gasteiger partial charge in [-0.1, -0.05) is 13.8 Å². The van der Waals surface area contributed by atoms with E-state index >= 15 is 0 Å². The van der Waals surface area contributed by atoms with Crippen LogP contribution in [0.1, 0.15) is 47.5 Å². The van der Waals surface area contributed by atoms with Crippen LogP contribution in [-0.4, -0.2) is 28.9 Å². The third-order valence-corrected chi connectivity index (χ3v) is 3.49. The largest absolute Gasteiger partial charge is 0.384 e. The molecule has 0 unspecified atom stereocenters. The highest BCUT2D eigenvalue weighted by Gasteiger charge is 2.32. The summed E-state index contributed by atoms with van der Waals surface area (Å²) in [6.45, 7) is 10.6. The van der Waals surface area contributed by atoms with E-state index in [0.29, 0.717) is 12.1 Å². The molecule has 0 aromatic carbocycles. The molecule has 0 aliphatic carbocycles. The third-order valence-electron chi connectivity index (χ3n) is 3.49. The molecular weight excluding hydrogens is 200 g/mol. The number of rotatable bonds is 5. The van der Waals surface area contributed by atoms with E-state index in [1.165, 1.54) is 0 Å². The highest BCUT2D eigenvalue weighted by molar-refractivity contribution is 5.92. The zero-order valence-corrected chi connectivity index (χ0v) is 11.1. The first-order valence-corrected chi connectivity index (χ1v) is 6.31. The lowest BCUT2D eigenvalue weighted by Gasteiger charge is -2.30. The maximum Gasteiger partial charge on any atom is 0.249 e. The summed E-state index contributed by atoms with van der Waals surface area (Å²) in [7, 11) is 0. The van der Waals surface area contributed by atoms with Crippen molar-refractivity contribution in [2.75, 3.05) is 0 Å². The summed E-state index contributed by atoms with van der Waals surface area (Å²) >= 11 is 0. The Balaban J connectivity index is 2.70. The van der Waals surface area contributed by atoms with Gasteiger partial charge in [0.25, 0.3) is 0 Å². The van der Waals surface area contributed by atoms with E-state index in [0.717, 1.165) is 18.5 Å². The van der Waals surface area contributed by atoms with Crippen molar-refractivity contribution in [3.8, 4) is 0 Å². The van der Waals surface area contributed by atoms with Crippen molar-refractivity contribution in [2.45, 2.75) is 65.6 Å². The predicted octanol–water partition coefficient (Wildman–Crippen LogP) is 2.29. The minimum absolute atomic E-state index is 0.146. The average Bonchev–Trinajstić information content (AvgIpc) is 2.53. The van der Waals surface area contributed by atoms with Gasteiger partial charge in [-0.3, -0.25) is 4.79 Å². The van der Waals surface area contributed by atoms with Gasteiger partial charge in [0.1, 0.15) is 0 Å². The van der Waals surface area contributed by atoms with E-state index in [4.69, 9.17) is 0 Å².